The highest BCUT2D eigenvalue weighted by molar-refractivity contribution is 7.89. The normalized spacial score (nSPS) is 12.3. The average Bonchev–Trinajstić information content (AvgIpc) is 3.14. The Morgan fingerprint density at radius 1 is 1.42 bits per heavy atom. The first-order valence-corrected chi connectivity index (χ1v) is 9.22. The van der Waals surface area contributed by atoms with Crippen molar-refractivity contribution in [2.75, 3.05) is 13.7 Å². The molecule has 144 valence electrons. The highest BCUT2D eigenvalue weighted by Crippen LogP contribution is 2.26. The lowest BCUT2D eigenvalue weighted by molar-refractivity contribution is -0.147. The monoisotopic (exact) mass is 414 g/mol. The van der Waals surface area contributed by atoms with Gasteiger partial charge in [0, 0.05) is 13.6 Å². The van der Waals surface area contributed by atoms with E-state index in [-0.39, 0.29) is 9.77 Å². The highest BCUT2D eigenvalue weighted by Gasteiger charge is 2.38. The first-order chi connectivity index (χ1) is 12.0. The number of sulfonamides is 1. The summed E-state index contributed by atoms with van der Waals surface area (Å²) in [7, 11) is -2.13. The fourth-order valence-corrected chi connectivity index (χ4v) is 4.35. The topological polar surface area (TPSA) is 112 Å². The summed E-state index contributed by atoms with van der Waals surface area (Å²) >= 11 is 0.860. The zero-order chi connectivity index (χ0) is 19.7. The van der Waals surface area contributed by atoms with E-state index in [1.807, 2.05) is 0 Å². The van der Waals surface area contributed by atoms with E-state index in [9.17, 15) is 31.2 Å². The van der Waals surface area contributed by atoms with E-state index in [0.29, 0.717) is 9.25 Å². The Morgan fingerprint density at radius 3 is 2.62 bits per heavy atom. The van der Waals surface area contributed by atoms with Crippen LogP contribution in [0.2, 0.25) is 0 Å². The van der Waals surface area contributed by atoms with E-state index >= 15 is 0 Å². The average molecular weight is 414 g/mol. The Balaban J connectivity index is 2.14. The lowest BCUT2D eigenvalue weighted by Crippen LogP contribution is -2.32. The summed E-state index contributed by atoms with van der Waals surface area (Å²) in [5.41, 5.74) is -1.04. The standard InChI is InChI=1S/C12H13F3N4O5S2/c1-18-10(12(13,14)15)17-19(11(18)21)5-4-16-26(22,23)7-3-6-25-8(7)9(20)24-2/h3,6,16H,4-5H2,1-2H3. The number of rotatable bonds is 6. The van der Waals surface area contributed by atoms with Crippen LogP contribution in [0.3, 0.4) is 0 Å². The molecule has 0 amide bonds. The Morgan fingerprint density at radius 2 is 2.08 bits per heavy atom. The van der Waals surface area contributed by atoms with Crippen LogP contribution in [0.1, 0.15) is 15.5 Å². The van der Waals surface area contributed by atoms with Crippen molar-refractivity contribution in [2.45, 2.75) is 17.6 Å². The van der Waals surface area contributed by atoms with Crippen LogP contribution in [0.15, 0.2) is 21.1 Å². The maximum Gasteiger partial charge on any atom is 0.451 e. The minimum absolute atomic E-state index is 0.144. The second-order valence-corrected chi connectivity index (χ2v) is 7.54. The second kappa shape index (κ2) is 7.20. The predicted octanol–water partition coefficient (Wildman–Crippen LogP) is 0.427. The zero-order valence-electron chi connectivity index (χ0n) is 13.4. The Kier molecular flexibility index (Phi) is 5.58. The van der Waals surface area contributed by atoms with E-state index in [0.717, 1.165) is 25.5 Å². The van der Waals surface area contributed by atoms with Crippen molar-refractivity contribution in [3.63, 3.8) is 0 Å². The van der Waals surface area contributed by atoms with Crippen LogP contribution < -0.4 is 10.4 Å². The first kappa shape index (κ1) is 20.1. The summed E-state index contributed by atoms with van der Waals surface area (Å²) in [5.74, 6) is -2.23. The second-order valence-electron chi connectivity index (χ2n) is 4.89. The fourth-order valence-electron chi connectivity index (χ4n) is 1.99. The van der Waals surface area contributed by atoms with Gasteiger partial charge in [-0.2, -0.15) is 13.2 Å². The Labute approximate surface area is 149 Å². The number of thiophene rings is 1. The number of carbonyl (C=O) groups is 1. The molecule has 2 aromatic rings. The molecule has 0 aliphatic carbocycles. The van der Waals surface area contributed by atoms with Gasteiger partial charge in [0.25, 0.3) is 0 Å². The SMILES string of the molecule is COC(=O)c1sccc1S(=O)(=O)NCCn1nc(C(F)(F)F)n(C)c1=O. The molecule has 0 atom stereocenters. The third-order valence-electron chi connectivity index (χ3n) is 3.20. The molecule has 2 rings (SSSR count). The molecule has 26 heavy (non-hydrogen) atoms. The molecule has 2 aromatic heterocycles. The summed E-state index contributed by atoms with van der Waals surface area (Å²) in [6.45, 7) is -0.841. The van der Waals surface area contributed by atoms with Gasteiger partial charge in [0.2, 0.25) is 15.8 Å². The highest BCUT2D eigenvalue weighted by atomic mass is 32.2. The third kappa shape index (κ3) is 3.96. The van der Waals surface area contributed by atoms with E-state index in [1.54, 1.807) is 0 Å². The minimum atomic E-state index is -4.81. The molecule has 0 aliphatic heterocycles. The lowest BCUT2D eigenvalue weighted by atomic mass is 10.5. The molecule has 0 spiro atoms. The first-order valence-electron chi connectivity index (χ1n) is 6.85. The number of hydrogen-bond donors (Lipinski definition) is 1. The van der Waals surface area contributed by atoms with Crippen molar-refractivity contribution in [3.8, 4) is 0 Å². The van der Waals surface area contributed by atoms with Crippen LogP contribution in [0.25, 0.3) is 0 Å². The van der Waals surface area contributed by atoms with Crippen LogP contribution in [-0.4, -0.2) is 42.4 Å². The molecule has 0 saturated carbocycles. The lowest BCUT2D eigenvalue weighted by Gasteiger charge is -2.06. The molecule has 0 saturated heterocycles. The quantitative estimate of drug-likeness (QED) is 0.686. The van der Waals surface area contributed by atoms with Crippen molar-refractivity contribution in [1.29, 1.82) is 0 Å². The van der Waals surface area contributed by atoms with Gasteiger partial charge in [0.05, 0.1) is 13.7 Å². The summed E-state index contributed by atoms with van der Waals surface area (Å²) in [6, 6.07) is 1.19. The molecule has 14 heteroatoms. The summed E-state index contributed by atoms with van der Waals surface area (Å²) in [6.07, 6.45) is -4.81. The van der Waals surface area contributed by atoms with Gasteiger partial charge in [0.1, 0.15) is 9.77 Å². The number of carbonyl (C=O) groups excluding carboxylic acids is 1. The van der Waals surface area contributed by atoms with Crippen LogP contribution in [0, 0.1) is 0 Å². The molecule has 1 N–H and O–H groups in total. The van der Waals surface area contributed by atoms with Gasteiger partial charge in [0.15, 0.2) is 0 Å². The third-order valence-corrected chi connectivity index (χ3v) is 5.73. The van der Waals surface area contributed by atoms with E-state index < -0.39 is 46.8 Å². The van der Waals surface area contributed by atoms with E-state index in [4.69, 9.17) is 0 Å². The van der Waals surface area contributed by atoms with Crippen molar-refractivity contribution in [2.24, 2.45) is 7.05 Å². The van der Waals surface area contributed by atoms with Crippen molar-refractivity contribution in [1.82, 2.24) is 19.1 Å². The predicted molar refractivity (Wildman–Crippen MR) is 83.3 cm³/mol. The number of nitrogens with one attached hydrogen (secondary N) is 1. The van der Waals surface area contributed by atoms with Gasteiger partial charge in [-0.05, 0) is 11.4 Å². The minimum Gasteiger partial charge on any atom is -0.465 e. The molecule has 9 nitrogen and oxygen atoms in total. The molecule has 2 heterocycles. The van der Waals surface area contributed by atoms with Crippen LogP contribution in [0.5, 0.6) is 0 Å². The summed E-state index contributed by atoms with van der Waals surface area (Å²) in [5, 5.41) is 4.53. The van der Waals surface area contributed by atoms with Gasteiger partial charge >= 0.3 is 17.8 Å². The maximum absolute atomic E-state index is 12.7. The summed E-state index contributed by atoms with van der Waals surface area (Å²) < 4.78 is 70.0. The molecule has 0 unspecified atom stereocenters. The fraction of sp³-hybridized carbons (Fsp3) is 0.417. The number of aromatic nitrogens is 3. The smallest absolute Gasteiger partial charge is 0.451 e. The molecule has 0 fully saturated rings. The number of alkyl halides is 3. The van der Waals surface area contributed by atoms with Crippen LogP contribution >= 0.6 is 11.3 Å². The largest absolute Gasteiger partial charge is 0.465 e. The zero-order valence-corrected chi connectivity index (χ0v) is 15.0. The molecule has 0 aliphatic rings. The number of nitrogens with zero attached hydrogens (tertiary/aromatic N) is 3. The van der Waals surface area contributed by atoms with Crippen molar-refractivity contribution in [3.05, 3.63) is 32.6 Å². The molecular weight excluding hydrogens is 401 g/mol. The molecule has 0 aromatic carbocycles. The Hall–Kier alpha value is -2.19. The number of hydrogen-bond acceptors (Lipinski definition) is 7. The van der Waals surface area contributed by atoms with E-state index in [2.05, 4.69) is 14.6 Å². The van der Waals surface area contributed by atoms with Gasteiger partial charge in [-0.1, -0.05) is 0 Å². The number of halogens is 3. The van der Waals surface area contributed by atoms with Crippen LogP contribution in [-0.2, 0) is 34.5 Å². The molecule has 0 bridgehead atoms. The Bertz CT molecular complexity index is 974. The summed E-state index contributed by atoms with van der Waals surface area (Å²) in [4.78, 5) is 22.8. The number of ether oxygens (including phenoxy) is 1. The van der Waals surface area contributed by atoms with Gasteiger partial charge in [-0.3, -0.25) is 4.57 Å². The molecule has 0 radical (unpaired) electrons. The number of methoxy groups -OCH3 is 1. The maximum atomic E-state index is 12.7. The van der Waals surface area contributed by atoms with Crippen molar-refractivity contribution < 1.29 is 31.1 Å². The van der Waals surface area contributed by atoms with Gasteiger partial charge in [-0.25, -0.2) is 27.4 Å². The molecular formula is C12H13F3N4O5S2. The van der Waals surface area contributed by atoms with Crippen molar-refractivity contribution >= 4 is 27.3 Å². The number of esters is 1. The van der Waals surface area contributed by atoms with Crippen LogP contribution in [0.4, 0.5) is 13.2 Å². The van der Waals surface area contributed by atoms with E-state index in [1.165, 1.54) is 11.4 Å². The van der Waals surface area contributed by atoms with Gasteiger partial charge < -0.3 is 4.74 Å². The van der Waals surface area contributed by atoms with Gasteiger partial charge in [-0.15, -0.1) is 16.4 Å².